The fraction of sp³-hybridized carbons (Fsp3) is 0.800. The summed E-state index contributed by atoms with van der Waals surface area (Å²) in [5.74, 6) is 3.31. The molecule has 1 aliphatic carbocycles. The largest absolute Gasteiger partial charge is 0.339 e. The van der Waals surface area contributed by atoms with Gasteiger partial charge >= 0.3 is 0 Å². The second-order valence-corrected chi connectivity index (χ2v) is 4.41. The molecule has 0 aromatic carbocycles. The van der Waals surface area contributed by atoms with E-state index in [0.29, 0.717) is 18.4 Å². The first kappa shape index (κ1) is 9.65. The first-order valence-electron chi connectivity index (χ1n) is 5.23. The monoisotopic (exact) mass is 195 g/mol. The normalized spacial score (nSPS) is 27.6. The van der Waals surface area contributed by atoms with Gasteiger partial charge in [-0.3, -0.25) is 0 Å². The molecule has 1 saturated carbocycles. The zero-order chi connectivity index (χ0) is 10.1. The Morgan fingerprint density at radius 2 is 2.36 bits per heavy atom. The van der Waals surface area contributed by atoms with Crippen molar-refractivity contribution >= 4 is 0 Å². The molecule has 1 aliphatic rings. The highest BCUT2D eigenvalue weighted by Gasteiger charge is 2.38. The van der Waals surface area contributed by atoms with E-state index in [1.165, 1.54) is 6.42 Å². The Labute approximate surface area is 83.9 Å². The van der Waals surface area contributed by atoms with Crippen LogP contribution in [0.5, 0.6) is 0 Å². The van der Waals surface area contributed by atoms with Crippen LogP contribution in [-0.2, 0) is 6.42 Å². The molecule has 3 atom stereocenters. The van der Waals surface area contributed by atoms with Gasteiger partial charge in [-0.1, -0.05) is 19.0 Å². The number of hydrogen-bond donors (Lipinski definition) is 1. The molecule has 1 aromatic rings. The molecule has 0 radical (unpaired) electrons. The summed E-state index contributed by atoms with van der Waals surface area (Å²) in [4.78, 5) is 4.38. The summed E-state index contributed by atoms with van der Waals surface area (Å²) in [5, 5.41) is 3.99. The molecule has 0 bridgehead atoms. The maximum Gasteiger partial charge on any atom is 0.226 e. The summed E-state index contributed by atoms with van der Waals surface area (Å²) < 4.78 is 5.17. The lowest BCUT2D eigenvalue weighted by molar-refractivity contribution is 0.355. The summed E-state index contributed by atoms with van der Waals surface area (Å²) in [6.07, 6.45) is 2.00. The van der Waals surface area contributed by atoms with Crippen molar-refractivity contribution in [2.24, 2.45) is 17.6 Å². The van der Waals surface area contributed by atoms with Gasteiger partial charge in [-0.2, -0.15) is 4.98 Å². The van der Waals surface area contributed by atoms with E-state index in [0.717, 1.165) is 24.1 Å². The van der Waals surface area contributed by atoms with Gasteiger partial charge in [0.1, 0.15) is 0 Å². The van der Waals surface area contributed by atoms with Gasteiger partial charge < -0.3 is 10.3 Å². The molecule has 0 amide bonds. The minimum absolute atomic E-state index is 0.417. The van der Waals surface area contributed by atoms with E-state index < -0.39 is 0 Å². The van der Waals surface area contributed by atoms with Gasteiger partial charge in [-0.05, 0) is 24.8 Å². The average Bonchev–Trinajstić information content (AvgIpc) is 2.73. The van der Waals surface area contributed by atoms with Crippen LogP contribution < -0.4 is 5.73 Å². The predicted octanol–water partition coefficient (Wildman–Crippen LogP) is 1.33. The smallest absolute Gasteiger partial charge is 0.226 e. The number of hydrogen-bond acceptors (Lipinski definition) is 4. The van der Waals surface area contributed by atoms with Crippen LogP contribution in [0.3, 0.4) is 0 Å². The lowest BCUT2D eigenvalue weighted by Crippen LogP contribution is -2.13. The first-order chi connectivity index (χ1) is 6.70. The van der Waals surface area contributed by atoms with Crippen molar-refractivity contribution in [3.63, 3.8) is 0 Å². The van der Waals surface area contributed by atoms with Crippen LogP contribution >= 0.6 is 0 Å². The van der Waals surface area contributed by atoms with Crippen LogP contribution in [0.4, 0.5) is 0 Å². The summed E-state index contributed by atoms with van der Waals surface area (Å²) in [6.45, 7) is 4.96. The van der Waals surface area contributed by atoms with Crippen LogP contribution in [0.2, 0.25) is 0 Å². The van der Waals surface area contributed by atoms with Gasteiger partial charge in [0.05, 0.1) is 0 Å². The zero-order valence-electron chi connectivity index (χ0n) is 8.73. The van der Waals surface area contributed by atoms with E-state index in [2.05, 4.69) is 24.0 Å². The fourth-order valence-corrected chi connectivity index (χ4v) is 1.56. The van der Waals surface area contributed by atoms with E-state index in [4.69, 9.17) is 10.3 Å². The van der Waals surface area contributed by atoms with Crippen molar-refractivity contribution in [3.8, 4) is 0 Å². The van der Waals surface area contributed by atoms with Gasteiger partial charge in [0.15, 0.2) is 5.82 Å². The molecule has 4 nitrogen and oxygen atoms in total. The Morgan fingerprint density at radius 1 is 1.64 bits per heavy atom. The van der Waals surface area contributed by atoms with Crippen LogP contribution in [0, 0.1) is 11.8 Å². The minimum Gasteiger partial charge on any atom is -0.339 e. The molecule has 78 valence electrons. The van der Waals surface area contributed by atoms with Crippen LogP contribution in [0.25, 0.3) is 0 Å². The highest BCUT2D eigenvalue weighted by molar-refractivity contribution is 5.07. The molecule has 0 saturated heterocycles. The maximum absolute atomic E-state index is 5.53. The van der Waals surface area contributed by atoms with Crippen molar-refractivity contribution in [1.82, 2.24) is 10.1 Å². The third-order valence-electron chi connectivity index (χ3n) is 2.85. The van der Waals surface area contributed by atoms with Crippen molar-refractivity contribution in [3.05, 3.63) is 11.7 Å². The number of nitrogens with zero attached hydrogens (tertiary/aromatic N) is 2. The molecule has 3 unspecified atom stereocenters. The molecule has 0 spiro atoms. The Kier molecular flexibility index (Phi) is 2.54. The fourth-order valence-electron chi connectivity index (χ4n) is 1.56. The van der Waals surface area contributed by atoms with E-state index in [1.807, 2.05) is 0 Å². The van der Waals surface area contributed by atoms with E-state index in [9.17, 15) is 0 Å². The summed E-state index contributed by atoms with van der Waals surface area (Å²) in [7, 11) is 0. The lowest BCUT2D eigenvalue weighted by atomic mass is 10.1. The number of nitrogens with two attached hydrogens (primary N) is 1. The summed E-state index contributed by atoms with van der Waals surface area (Å²) in [6, 6.07) is 0. The third-order valence-corrected chi connectivity index (χ3v) is 2.85. The van der Waals surface area contributed by atoms with E-state index >= 15 is 0 Å². The Balaban J connectivity index is 1.96. The Hall–Kier alpha value is -0.900. The topological polar surface area (TPSA) is 64.9 Å². The molecular weight excluding hydrogens is 178 g/mol. The van der Waals surface area contributed by atoms with Crippen LogP contribution in [0.15, 0.2) is 4.52 Å². The molecular formula is C10H17N3O. The quantitative estimate of drug-likeness (QED) is 0.787. The van der Waals surface area contributed by atoms with Crippen molar-refractivity contribution in [1.29, 1.82) is 0 Å². The standard InChI is InChI=1S/C10H17N3O/c1-6(5-11)3-9-12-10(13-14-9)8-4-7(8)2/h6-8H,3-5,11H2,1-2H3. The molecule has 1 aromatic heterocycles. The highest BCUT2D eigenvalue weighted by atomic mass is 16.5. The number of aromatic nitrogens is 2. The van der Waals surface area contributed by atoms with Gasteiger partial charge in [-0.25, -0.2) is 0 Å². The molecule has 2 rings (SSSR count). The van der Waals surface area contributed by atoms with E-state index in [-0.39, 0.29) is 0 Å². The van der Waals surface area contributed by atoms with Gasteiger partial charge in [0.2, 0.25) is 5.89 Å². The molecule has 4 heteroatoms. The highest BCUT2D eigenvalue weighted by Crippen LogP contribution is 2.45. The summed E-state index contributed by atoms with van der Waals surface area (Å²) >= 11 is 0. The third kappa shape index (κ3) is 1.95. The predicted molar refractivity (Wildman–Crippen MR) is 52.7 cm³/mol. The van der Waals surface area contributed by atoms with Gasteiger partial charge in [0, 0.05) is 12.3 Å². The Morgan fingerprint density at radius 3 is 2.93 bits per heavy atom. The first-order valence-corrected chi connectivity index (χ1v) is 5.23. The van der Waals surface area contributed by atoms with Gasteiger partial charge in [0.25, 0.3) is 0 Å². The van der Waals surface area contributed by atoms with Crippen LogP contribution in [0.1, 0.15) is 37.9 Å². The average molecular weight is 195 g/mol. The zero-order valence-corrected chi connectivity index (χ0v) is 8.73. The summed E-state index contributed by atoms with van der Waals surface area (Å²) in [5.41, 5.74) is 5.53. The molecule has 14 heavy (non-hydrogen) atoms. The maximum atomic E-state index is 5.53. The molecule has 0 aliphatic heterocycles. The van der Waals surface area contributed by atoms with Gasteiger partial charge in [-0.15, -0.1) is 0 Å². The molecule has 2 N–H and O–H groups in total. The van der Waals surface area contributed by atoms with Crippen molar-refractivity contribution in [2.75, 3.05) is 6.54 Å². The molecule has 1 heterocycles. The second kappa shape index (κ2) is 3.69. The second-order valence-electron chi connectivity index (χ2n) is 4.41. The lowest BCUT2D eigenvalue weighted by Gasteiger charge is -2.01. The SMILES string of the molecule is CC(CN)Cc1nc(C2CC2C)no1. The minimum atomic E-state index is 0.417. The Bertz CT molecular complexity index is 310. The molecule has 1 fully saturated rings. The van der Waals surface area contributed by atoms with Crippen molar-refractivity contribution in [2.45, 2.75) is 32.6 Å². The number of rotatable bonds is 4. The van der Waals surface area contributed by atoms with E-state index in [1.54, 1.807) is 0 Å². The van der Waals surface area contributed by atoms with Crippen LogP contribution in [-0.4, -0.2) is 16.7 Å². The van der Waals surface area contributed by atoms with Crippen molar-refractivity contribution < 1.29 is 4.52 Å².